The Morgan fingerprint density at radius 3 is 2.60 bits per heavy atom. The predicted octanol–water partition coefficient (Wildman–Crippen LogP) is 2.41. The third-order valence-electron chi connectivity index (χ3n) is 4.89. The van der Waals surface area contributed by atoms with Gasteiger partial charge in [0.25, 0.3) is 5.91 Å². The smallest absolute Gasteiger partial charge is 0.417 e. The number of anilines is 1. The molecule has 0 unspecified atom stereocenters. The Bertz CT molecular complexity index is 737. The molecule has 1 N–H and O–H groups in total. The van der Waals surface area contributed by atoms with E-state index in [2.05, 4.69) is 0 Å². The molecule has 0 spiro atoms. The van der Waals surface area contributed by atoms with Gasteiger partial charge in [-0.15, -0.1) is 0 Å². The van der Waals surface area contributed by atoms with Crippen molar-refractivity contribution in [3.63, 3.8) is 0 Å². The van der Waals surface area contributed by atoms with E-state index >= 15 is 4.39 Å². The summed E-state index contributed by atoms with van der Waals surface area (Å²) in [5, 5.41) is 8.93. The first-order valence-corrected chi connectivity index (χ1v) is 7.68. The monoisotopic (exact) mass is 360 g/mol. The average Bonchev–Trinajstić information content (AvgIpc) is 2.78. The summed E-state index contributed by atoms with van der Waals surface area (Å²) in [5.41, 5.74) is -4.49. The van der Waals surface area contributed by atoms with Crippen LogP contribution in [-0.4, -0.2) is 54.2 Å². The van der Waals surface area contributed by atoms with Gasteiger partial charge in [0.05, 0.1) is 11.1 Å². The average molecular weight is 360 g/mol. The Balaban J connectivity index is 2.00. The van der Waals surface area contributed by atoms with E-state index in [-0.39, 0.29) is 18.7 Å². The van der Waals surface area contributed by atoms with Crippen molar-refractivity contribution in [3.8, 4) is 0 Å². The minimum Gasteiger partial charge on any atom is -0.478 e. The minimum absolute atomic E-state index is 0.0111. The number of rotatable bonds is 2. The van der Waals surface area contributed by atoms with Crippen LogP contribution in [0.5, 0.6) is 0 Å². The molecule has 136 valence electrons. The number of halogens is 4. The van der Waals surface area contributed by atoms with Crippen LogP contribution in [0.4, 0.5) is 23.2 Å². The molecular weight excluding hydrogens is 344 g/mol. The van der Waals surface area contributed by atoms with Crippen LogP contribution in [-0.2, 0) is 11.0 Å². The Morgan fingerprint density at radius 2 is 2.00 bits per heavy atom. The van der Waals surface area contributed by atoms with Crippen molar-refractivity contribution in [3.05, 3.63) is 29.3 Å². The fraction of sp³-hybridized carbons (Fsp3) is 0.500. The zero-order valence-corrected chi connectivity index (χ0v) is 13.3. The summed E-state index contributed by atoms with van der Waals surface area (Å²) in [6.45, 7) is 0.680. The van der Waals surface area contributed by atoms with E-state index in [1.807, 2.05) is 4.90 Å². The van der Waals surface area contributed by atoms with E-state index < -0.39 is 40.8 Å². The van der Waals surface area contributed by atoms with Gasteiger partial charge in [-0.25, -0.2) is 9.18 Å². The van der Waals surface area contributed by atoms with Crippen LogP contribution in [0.2, 0.25) is 0 Å². The van der Waals surface area contributed by atoms with Crippen LogP contribution in [0, 0.1) is 5.92 Å². The van der Waals surface area contributed by atoms with E-state index in [1.165, 1.54) is 0 Å². The standard InChI is InChI=1S/C16H16F4N2O3/c1-21-5-4-15(17)9(7-21)8-22(14(15)25)10-2-3-11(13(23)24)12(6-10)16(18,19)20/h2-3,6,9H,4-5,7-8H2,1H3,(H,23,24)/t9-,15+/m0/s1. The lowest BCUT2D eigenvalue weighted by Crippen LogP contribution is -2.49. The van der Waals surface area contributed by atoms with Gasteiger partial charge in [0.15, 0.2) is 5.67 Å². The van der Waals surface area contributed by atoms with Gasteiger partial charge in [0, 0.05) is 37.7 Å². The number of hydrogen-bond donors (Lipinski definition) is 1. The van der Waals surface area contributed by atoms with Crippen LogP contribution in [0.25, 0.3) is 0 Å². The number of carboxylic acids is 1. The van der Waals surface area contributed by atoms with Crippen molar-refractivity contribution in [1.29, 1.82) is 0 Å². The van der Waals surface area contributed by atoms with E-state index in [4.69, 9.17) is 5.11 Å². The molecule has 0 saturated carbocycles. The quantitative estimate of drug-likeness (QED) is 0.823. The summed E-state index contributed by atoms with van der Waals surface area (Å²) >= 11 is 0. The van der Waals surface area contributed by atoms with Gasteiger partial charge < -0.3 is 14.9 Å². The molecule has 2 aliphatic heterocycles. The number of nitrogens with zero attached hydrogens (tertiary/aromatic N) is 2. The summed E-state index contributed by atoms with van der Waals surface area (Å²) in [7, 11) is 1.79. The number of carbonyl (C=O) groups is 2. The minimum atomic E-state index is -4.90. The molecule has 1 amide bonds. The van der Waals surface area contributed by atoms with Crippen molar-refractivity contribution in [2.45, 2.75) is 18.3 Å². The van der Waals surface area contributed by atoms with Crippen molar-refractivity contribution in [2.75, 3.05) is 31.6 Å². The second-order valence-electron chi connectivity index (χ2n) is 6.52. The zero-order valence-electron chi connectivity index (χ0n) is 13.3. The number of aromatic carboxylic acids is 1. The third kappa shape index (κ3) is 2.86. The first kappa shape index (κ1) is 17.7. The highest BCUT2D eigenvalue weighted by Crippen LogP contribution is 2.42. The molecule has 0 aromatic heterocycles. The summed E-state index contributed by atoms with van der Waals surface area (Å²) in [4.78, 5) is 26.4. The molecular formula is C16H16F4N2O3. The first-order valence-electron chi connectivity index (χ1n) is 7.68. The molecule has 5 nitrogen and oxygen atoms in total. The van der Waals surface area contributed by atoms with Crippen molar-refractivity contribution in [1.82, 2.24) is 4.90 Å². The Kier molecular flexibility index (Phi) is 4.02. The number of fused-ring (bicyclic) bond motifs is 1. The number of carbonyl (C=O) groups excluding carboxylic acids is 1. The lowest BCUT2D eigenvalue weighted by atomic mass is 9.85. The Hall–Kier alpha value is -2.16. The molecule has 3 rings (SSSR count). The summed E-state index contributed by atoms with van der Waals surface area (Å²) in [6, 6.07) is 2.51. The second-order valence-corrected chi connectivity index (χ2v) is 6.52. The molecule has 2 fully saturated rings. The molecule has 2 saturated heterocycles. The molecule has 1 aromatic carbocycles. The van der Waals surface area contributed by atoms with Crippen LogP contribution >= 0.6 is 0 Å². The topological polar surface area (TPSA) is 60.9 Å². The Morgan fingerprint density at radius 1 is 1.32 bits per heavy atom. The fourth-order valence-corrected chi connectivity index (χ4v) is 3.53. The van der Waals surface area contributed by atoms with Gasteiger partial charge in [0.1, 0.15) is 0 Å². The summed E-state index contributed by atoms with van der Waals surface area (Å²) < 4.78 is 54.5. The van der Waals surface area contributed by atoms with Crippen LogP contribution in [0.15, 0.2) is 18.2 Å². The van der Waals surface area contributed by atoms with Gasteiger partial charge in [-0.05, 0) is 25.2 Å². The van der Waals surface area contributed by atoms with Crippen molar-refractivity contribution in [2.24, 2.45) is 5.92 Å². The lowest BCUT2D eigenvalue weighted by molar-refractivity contribution is -0.138. The molecule has 0 bridgehead atoms. The first-order chi connectivity index (χ1) is 11.5. The summed E-state index contributed by atoms with van der Waals surface area (Å²) in [5.74, 6) is -3.21. The molecule has 0 aliphatic carbocycles. The molecule has 2 heterocycles. The number of hydrogen-bond acceptors (Lipinski definition) is 3. The number of alkyl halides is 4. The molecule has 2 atom stereocenters. The summed E-state index contributed by atoms with van der Waals surface area (Å²) in [6.07, 6.45) is -4.91. The zero-order chi connectivity index (χ0) is 18.6. The number of likely N-dealkylation sites (tertiary alicyclic amines) is 1. The van der Waals surface area contributed by atoms with Gasteiger partial charge in [-0.1, -0.05) is 0 Å². The molecule has 0 radical (unpaired) electrons. The van der Waals surface area contributed by atoms with Gasteiger partial charge in [-0.3, -0.25) is 4.79 Å². The van der Waals surface area contributed by atoms with E-state index in [1.54, 1.807) is 7.05 Å². The fourth-order valence-electron chi connectivity index (χ4n) is 3.53. The maximum atomic E-state index is 15.1. The SMILES string of the molecule is CN1CC[C@]2(F)C(=O)N(c3ccc(C(=O)O)c(C(F)(F)F)c3)C[C@@H]2C1. The lowest BCUT2D eigenvalue weighted by Gasteiger charge is -2.34. The number of benzene rings is 1. The molecule has 1 aromatic rings. The van der Waals surface area contributed by atoms with Crippen LogP contribution in [0.1, 0.15) is 22.3 Å². The second kappa shape index (κ2) is 5.69. The highest BCUT2D eigenvalue weighted by atomic mass is 19.4. The maximum absolute atomic E-state index is 15.1. The predicted molar refractivity (Wildman–Crippen MR) is 80.2 cm³/mol. The maximum Gasteiger partial charge on any atom is 0.417 e. The van der Waals surface area contributed by atoms with Crippen molar-refractivity contribution >= 4 is 17.6 Å². The van der Waals surface area contributed by atoms with E-state index in [0.717, 1.165) is 17.0 Å². The third-order valence-corrected chi connectivity index (χ3v) is 4.89. The molecule has 9 heteroatoms. The highest BCUT2D eigenvalue weighted by Gasteiger charge is 2.57. The van der Waals surface area contributed by atoms with Crippen molar-refractivity contribution < 1.29 is 32.3 Å². The molecule has 2 aliphatic rings. The van der Waals surface area contributed by atoms with Gasteiger partial charge >= 0.3 is 12.1 Å². The number of carboxylic acid groups (broad SMARTS) is 1. The van der Waals surface area contributed by atoms with E-state index in [0.29, 0.717) is 19.2 Å². The Labute approximate surface area is 140 Å². The number of amides is 1. The van der Waals surface area contributed by atoms with Gasteiger partial charge in [-0.2, -0.15) is 13.2 Å². The van der Waals surface area contributed by atoms with Crippen LogP contribution in [0.3, 0.4) is 0 Å². The van der Waals surface area contributed by atoms with E-state index in [9.17, 15) is 22.8 Å². The number of piperidine rings is 1. The van der Waals surface area contributed by atoms with Crippen LogP contribution < -0.4 is 4.90 Å². The highest BCUT2D eigenvalue weighted by molar-refractivity contribution is 6.03. The molecule has 25 heavy (non-hydrogen) atoms. The normalized spacial score (nSPS) is 27.5. The largest absolute Gasteiger partial charge is 0.478 e. The van der Waals surface area contributed by atoms with Gasteiger partial charge in [0.2, 0.25) is 0 Å².